The van der Waals surface area contributed by atoms with E-state index in [1.54, 1.807) is 19.3 Å². The lowest BCUT2D eigenvalue weighted by Gasteiger charge is -2.09. The molecular formula is C20H19N5O. The largest absolute Gasteiger partial charge is 0.322 e. The first kappa shape index (κ1) is 17.3. The Morgan fingerprint density at radius 1 is 1.12 bits per heavy atom. The molecular weight excluding hydrogens is 326 g/mol. The summed E-state index contributed by atoms with van der Waals surface area (Å²) in [5, 5.41) is 8.42. The monoisotopic (exact) mass is 345 g/mol. The third-order valence-corrected chi connectivity index (χ3v) is 3.99. The van der Waals surface area contributed by atoms with Crippen LogP contribution in [0.3, 0.4) is 0 Å². The number of para-hydroxylation sites is 1. The maximum atomic E-state index is 12.6. The summed E-state index contributed by atoms with van der Waals surface area (Å²) in [5.74, 6) is 5.04. The van der Waals surface area contributed by atoms with Gasteiger partial charge >= 0.3 is 0 Å². The van der Waals surface area contributed by atoms with Crippen molar-refractivity contribution in [3.8, 4) is 0 Å². The number of benzene rings is 2. The van der Waals surface area contributed by atoms with Crippen LogP contribution in [-0.4, -0.2) is 22.3 Å². The molecule has 6 heteroatoms. The summed E-state index contributed by atoms with van der Waals surface area (Å²) in [4.78, 5) is 21.1. The Balaban J connectivity index is 1.83. The topological polar surface area (TPSA) is 92.7 Å². The lowest BCUT2D eigenvalue weighted by atomic mass is 10.1. The zero-order chi connectivity index (χ0) is 18.5. The summed E-state index contributed by atoms with van der Waals surface area (Å²) in [5.41, 5.74) is 2.95. The highest BCUT2D eigenvalue weighted by Gasteiger charge is 2.16. The number of rotatable bonds is 4. The van der Waals surface area contributed by atoms with Crippen molar-refractivity contribution in [2.45, 2.75) is 13.8 Å². The number of aryl methyl sites for hydroxylation is 1. The number of amides is 1. The van der Waals surface area contributed by atoms with Gasteiger partial charge in [-0.3, -0.25) is 14.8 Å². The zero-order valence-corrected chi connectivity index (χ0v) is 14.6. The Hall–Kier alpha value is -3.54. The van der Waals surface area contributed by atoms with Gasteiger partial charge in [0.15, 0.2) is 5.71 Å². The summed E-state index contributed by atoms with van der Waals surface area (Å²) in [7, 11) is 0. The minimum atomic E-state index is -0.412. The molecule has 0 bridgehead atoms. The van der Waals surface area contributed by atoms with Crippen LogP contribution in [0.1, 0.15) is 12.5 Å². The van der Waals surface area contributed by atoms with Gasteiger partial charge in [-0.15, -0.1) is 0 Å². The molecule has 0 aliphatic rings. The van der Waals surface area contributed by atoms with E-state index in [1.165, 1.54) is 0 Å². The van der Waals surface area contributed by atoms with E-state index in [0.717, 1.165) is 22.0 Å². The molecule has 0 aliphatic heterocycles. The van der Waals surface area contributed by atoms with Crippen LogP contribution in [0.2, 0.25) is 0 Å². The summed E-state index contributed by atoms with van der Waals surface area (Å²) >= 11 is 0. The van der Waals surface area contributed by atoms with Crippen LogP contribution < -0.4 is 11.2 Å². The fourth-order valence-electron chi connectivity index (χ4n) is 2.59. The number of pyridine rings is 1. The Morgan fingerprint density at radius 3 is 2.69 bits per heavy atom. The number of carbonyl (C=O) groups is 1. The Kier molecular flexibility index (Phi) is 5.03. The van der Waals surface area contributed by atoms with Crippen LogP contribution in [0.25, 0.3) is 10.8 Å². The average molecular weight is 345 g/mol. The summed E-state index contributed by atoms with van der Waals surface area (Å²) < 4.78 is 0. The highest BCUT2D eigenvalue weighted by Crippen LogP contribution is 2.19. The third-order valence-electron chi connectivity index (χ3n) is 3.99. The molecule has 3 rings (SSSR count). The minimum Gasteiger partial charge on any atom is -0.322 e. The Labute approximate surface area is 151 Å². The van der Waals surface area contributed by atoms with Gasteiger partial charge in [0.05, 0.1) is 11.4 Å². The molecule has 1 amide bonds. The average Bonchev–Trinajstić information content (AvgIpc) is 2.64. The second-order valence-electron chi connectivity index (χ2n) is 5.85. The van der Waals surface area contributed by atoms with Crippen molar-refractivity contribution in [2.24, 2.45) is 15.9 Å². The molecule has 26 heavy (non-hydrogen) atoms. The smallest absolute Gasteiger partial charge is 0.277 e. The van der Waals surface area contributed by atoms with Gasteiger partial charge in [0, 0.05) is 23.5 Å². The van der Waals surface area contributed by atoms with Crippen LogP contribution in [0.4, 0.5) is 11.4 Å². The normalized spacial score (nSPS) is 12.2. The van der Waals surface area contributed by atoms with Gasteiger partial charge in [-0.1, -0.05) is 24.3 Å². The van der Waals surface area contributed by atoms with Crippen LogP contribution in [0.15, 0.2) is 71.0 Å². The molecule has 0 radical (unpaired) electrons. The molecule has 2 aromatic carbocycles. The molecule has 1 aromatic heterocycles. The number of aliphatic imine (C=N–C) groups is 1. The van der Waals surface area contributed by atoms with E-state index < -0.39 is 5.91 Å². The van der Waals surface area contributed by atoms with Gasteiger partial charge in [-0.05, 0) is 49.1 Å². The third kappa shape index (κ3) is 3.75. The van der Waals surface area contributed by atoms with Crippen molar-refractivity contribution in [2.75, 3.05) is 5.32 Å². The predicted octanol–water partition coefficient (Wildman–Crippen LogP) is 3.59. The second kappa shape index (κ2) is 7.57. The van der Waals surface area contributed by atoms with Crippen LogP contribution in [-0.2, 0) is 4.79 Å². The fraction of sp³-hybridized carbons (Fsp3) is 0.100. The highest BCUT2D eigenvalue weighted by atomic mass is 16.1. The summed E-state index contributed by atoms with van der Waals surface area (Å²) in [6.07, 6.45) is 3.47. The molecule has 1 heterocycles. The number of nitrogens with zero attached hydrogens (tertiary/aromatic N) is 3. The minimum absolute atomic E-state index is 0.0829. The van der Waals surface area contributed by atoms with E-state index in [4.69, 9.17) is 5.84 Å². The summed E-state index contributed by atoms with van der Waals surface area (Å²) in [6.45, 7) is 3.66. The molecule has 3 aromatic rings. The fourth-order valence-corrected chi connectivity index (χ4v) is 2.59. The molecule has 130 valence electrons. The predicted molar refractivity (Wildman–Crippen MR) is 106 cm³/mol. The van der Waals surface area contributed by atoms with Crippen molar-refractivity contribution in [1.29, 1.82) is 0 Å². The van der Waals surface area contributed by atoms with Gasteiger partial charge in [0.1, 0.15) is 0 Å². The van der Waals surface area contributed by atoms with Gasteiger partial charge in [-0.2, -0.15) is 5.10 Å². The SMILES string of the molecule is CC(=Nc1ccccc1C)C(=NN)C(=O)Nc1ccc2ccncc2c1. The van der Waals surface area contributed by atoms with Crippen molar-refractivity contribution >= 4 is 39.5 Å². The van der Waals surface area contributed by atoms with Crippen molar-refractivity contribution in [3.63, 3.8) is 0 Å². The lowest BCUT2D eigenvalue weighted by Crippen LogP contribution is -2.29. The van der Waals surface area contributed by atoms with E-state index in [-0.39, 0.29) is 5.71 Å². The maximum Gasteiger partial charge on any atom is 0.277 e. The number of hydrazone groups is 1. The molecule has 6 nitrogen and oxygen atoms in total. The van der Waals surface area contributed by atoms with Gasteiger partial charge in [0.25, 0.3) is 5.91 Å². The number of nitrogens with one attached hydrogen (secondary N) is 1. The van der Waals surface area contributed by atoms with Crippen molar-refractivity contribution < 1.29 is 4.79 Å². The van der Waals surface area contributed by atoms with Crippen LogP contribution in [0.5, 0.6) is 0 Å². The van der Waals surface area contributed by atoms with Crippen LogP contribution in [0, 0.1) is 6.92 Å². The van der Waals surface area contributed by atoms with Crippen molar-refractivity contribution in [1.82, 2.24) is 4.98 Å². The number of hydrogen-bond acceptors (Lipinski definition) is 5. The van der Waals surface area contributed by atoms with Gasteiger partial charge in [-0.25, -0.2) is 0 Å². The first-order chi connectivity index (χ1) is 12.6. The molecule has 0 atom stereocenters. The first-order valence-electron chi connectivity index (χ1n) is 8.13. The quantitative estimate of drug-likeness (QED) is 0.430. The second-order valence-corrected chi connectivity index (χ2v) is 5.85. The highest BCUT2D eigenvalue weighted by molar-refractivity contribution is 6.68. The zero-order valence-electron chi connectivity index (χ0n) is 14.6. The number of nitrogens with two attached hydrogens (primary N) is 1. The molecule has 0 fully saturated rings. The standard InChI is InChI=1S/C20H19N5O/c1-13-5-3-4-6-18(13)23-14(2)19(25-21)20(26)24-17-8-7-15-9-10-22-12-16(15)11-17/h3-12H,21H2,1-2H3,(H,24,26). The number of hydrogen-bond donors (Lipinski definition) is 2. The molecule has 0 saturated carbocycles. The maximum absolute atomic E-state index is 12.6. The van der Waals surface area contributed by atoms with Gasteiger partial charge < -0.3 is 11.2 Å². The van der Waals surface area contributed by atoms with E-state index >= 15 is 0 Å². The van der Waals surface area contributed by atoms with Crippen molar-refractivity contribution in [3.05, 3.63) is 66.5 Å². The Bertz CT molecular complexity index is 1020. The number of carbonyl (C=O) groups excluding carboxylic acids is 1. The number of aromatic nitrogens is 1. The molecule has 0 saturated heterocycles. The van der Waals surface area contributed by atoms with Gasteiger partial charge in [0.2, 0.25) is 0 Å². The first-order valence-corrected chi connectivity index (χ1v) is 8.13. The molecule has 0 unspecified atom stereocenters. The molecule has 0 aliphatic carbocycles. The molecule has 0 spiro atoms. The number of anilines is 1. The van der Waals surface area contributed by atoms with E-state index in [0.29, 0.717) is 11.4 Å². The Morgan fingerprint density at radius 2 is 1.92 bits per heavy atom. The van der Waals surface area contributed by atoms with E-state index in [2.05, 4.69) is 20.4 Å². The van der Waals surface area contributed by atoms with Crippen LogP contribution >= 0.6 is 0 Å². The van der Waals surface area contributed by atoms with E-state index in [1.807, 2.05) is 55.5 Å². The summed E-state index contributed by atoms with van der Waals surface area (Å²) in [6, 6.07) is 15.2. The van der Waals surface area contributed by atoms with E-state index in [9.17, 15) is 4.79 Å². The molecule has 3 N–H and O–H groups in total. The lowest BCUT2D eigenvalue weighted by molar-refractivity contribution is -0.110. The number of fused-ring (bicyclic) bond motifs is 1.